The third kappa shape index (κ3) is 23.1. The molecule has 17 unspecified atom stereocenters. The number of likely N-dealkylation sites (tertiary alicyclic amines) is 2. The zero-order chi connectivity index (χ0) is 77.7. The van der Waals surface area contributed by atoms with Gasteiger partial charge in [-0.15, -0.1) is 5.10 Å². The summed E-state index contributed by atoms with van der Waals surface area (Å²) >= 11 is 1.36. The Bertz CT molecular complexity index is 3400. The van der Waals surface area contributed by atoms with Gasteiger partial charge in [-0.1, -0.05) is 110 Å². The molecule has 2 aromatic carbocycles. The predicted octanol–water partition coefficient (Wildman–Crippen LogP) is 6.73. The van der Waals surface area contributed by atoms with Gasteiger partial charge < -0.3 is 68.7 Å². The number of imide groups is 1. The van der Waals surface area contributed by atoms with Crippen molar-refractivity contribution in [2.24, 2.45) is 35.5 Å². The molecule has 17 atom stereocenters. The molecule has 0 bridgehead atoms. The van der Waals surface area contributed by atoms with Crippen molar-refractivity contribution >= 4 is 70.5 Å². The van der Waals surface area contributed by atoms with Crippen molar-refractivity contribution in [1.29, 1.82) is 0 Å². The largest absolute Gasteiger partial charge is 0.479 e. The Kier molecular flexibility index (Phi) is 33.9. The van der Waals surface area contributed by atoms with Crippen LogP contribution in [0.15, 0.2) is 54.7 Å². The number of benzene rings is 2. The first kappa shape index (κ1) is 86.6. The van der Waals surface area contributed by atoms with Gasteiger partial charge in [0.05, 0.1) is 71.9 Å². The molecule has 5 N–H and O–H groups in total. The smallest absolute Gasteiger partial charge is 0.410 e. The van der Waals surface area contributed by atoms with E-state index in [9.17, 15) is 74.0 Å². The standard InChI is InChI=1S/C74H110N8O22S/c1-14-44(6)63(58(99-11)39-60(86)80-31-21-27-52(80)68(100-12)46(8)54(84)35-45(7)64(88)47-23-17-15-18-24-47)77(9)70(92)51(42(2)3)38-55(85)62(43(4)5)78(10)74(96)103-57(48-28-29-56(53(36-48)82(97)98)102-73-67(91)65(89)66(90)69(104-73)72(94)95)37-49-41-79(76-75-49)32-34-101-33-22-26-50(83)25-19-16-20-30-81-61(87)40-59(105-13)71(81)93/h15,17-18,23-24,28-29,36,41-46,51-52,57-59,62-69,73,88-91H,14,16,19-22,25-27,30-35,37-40H2,1-13H3,(H,94,95). The van der Waals surface area contributed by atoms with E-state index in [1.807, 2.05) is 51.1 Å². The Morgan fingerprint density at radius 3 is 2.12 bits per heavy atom. The van der Waals surface area contributed by atoms with Crippen molar-refractivity contribution in [2.75, 3.05) is 60.9 Å². The number of nitro benzene ring substituents is 1. The molecule has 0 spiro atoms. The number of aliphatic hydroxyl groups excluding tert-OH is 4. The van der Waals surface area contributed by atoms with Crippen LogP contribution in [0.3, 0.4) is 0 Å². The lowest BCUT2D eigenvalue weighted by Crippen LogP contribution is -2.61. The maximum absolute atomic E-state index is 15.1. The van der Waals surface area contributed by atoms with E-state index >= 15 is 4.79 Å². The molecular formula is C74H110N8O22S. The molecular weight excluding hydrogens is 1380 g/mol. The van der Waals surface area contributed by atoms with E-state index in [2.05, 4.69) is 10.3 Å². The summed E-state index contributed by atoms with van der Waals surface area (Å²) in [6.07, 6.45) is -7.39. The Balaban J connectivity index is 1.14. The Labute approximate surface area is 618 Å². The van der Waals surface area contributed by atoms with Gasteiger partial charge >= 0.3 is 17.7 Å². The van der Waals surface area contributed by atoms with E-state index in [0.717, 1.165) is 17.0 Å². The van der Waals surface area contributed by atoms with Crippen LogP contribution in [0.2, 0.25) is 0 Å². The number of thioether (sulfide) groups is 1. The molecule has 4 heterocycles. The minimum atomic E-state index is -2.10. The number of carboxylic acid groups (broad SMARTS) is 1. The molecule has 1 aromatic heterocycles. The molecule has 0 radical (unpaired) electrons. The van der Waals surface area contributed by atoms with Gasteiger partial charge in [0, 0.05) is 111 Å². The second-order valence-electron chi connectivity index (χ2n) is 28.7. The first-order valence-electron chi connectivity index (χ1n) is 36.4. The minimum Gasteiger partial charge on any atom is -0.479 e. The number of aromatic nitrogens is 3. The number of rotatable bonds is 44. The summed E-state index contributed by atoms with van der Waals surface area (Å²) in [6.45, 7) is 15.9. The van der Waals surface area contributed by atoms with Crippen LogP contribution in [0.25, 0.3) is 0 Å². The topological polar surface area (TPSA) is 397 Å². The van der Waals surface area contributed by atoms with Gasteiger partial charge in [0.2, 0.25) is 29.9 Å². The first-order chi connectivity index (χ1) is 49.8. The highest BCUT2D eigenvalue weighted by molar-refractivity contribution is 8.00. The van der Waals surface area contributed by atoms with Gasteiger partial charge in [-0.25, -0.2) is 14.3 Å². The fourth-order valence-corrected chi connectivity index (χ4v) is 14.9. The van der Waals surface area contributed by atoms with Crippen LogP contribution in [0, 0.1) is 45.6 Å². The number of aliphatic hydroxyl groups is 4. The van der Waals surface area contributed by atoms with Crippen molar-refractivity contribution < 1.29 is 102 Å². The van der Waals surface area contributed by atoms with Gasteiger partial charge in [-0.2, -0.15) is 11.8 Å². The van der Waals surface area contributed by atoms with E-state index in [1.54, 1.807) is 57.7 Å². The molecule has 0 aliphatic carbocycles. The van der Waals surface area contributed by atoms with Gasteiger partial charge in [-0.05, 0) is 79.2 Å². The second-order valence-corrected chi connectivity index (χ2v) is 29.7. The molecule has 5 amide bonds. The molecule has 3 saturated heterocycles. The number of amides is 5. The SMILES string of the molecule is CCC(C)C(C(CC(=O)N1CCCC1C(OC)C(C)C(=O)CC(C)C(O)c1ccccc1)OC)N(C)C(=O)C(CC(=O)C(C(C)C)N(C)C(=O)OC(Cc1cn(CCOCCCC(=O)CCCCCN2C(=O)CC(SC)C2=O)nn1)c1ccc(OC2OC(C(=O)O)C(O)C(O)C2O)c([N+](=O)[O-])c1)C(C)C. The number of nitrogens with zero attached hydrogens (tertiary/aromatic N) is 8. The summed E-state index contributed by atoms with van der Waals surface area (Å²) in [5.74, 6) is -6.98. The fraction of sp³-hybridized carbons (Fsp3) is 0.689. The van der Waals surface area contributed by atoms with Crippen molar-refractivity contribution in [1.82, 2.24) is 34.6 Å². The Morgan fingerprint density at radius 2 is 1.50 bits per heavy atom. The van der Waals surface area contributed by atoms with Crippen molar-refractivity contribution in [2.45, 2.75) is 230 Å². The number of ketones is 3. The molecule has 3 aromatic rings. The Hall–Kier alpha value is -7.36. The predicted molar refractivity (Wildman–Crippen MR) is 384 cm³/mol. The number of nitro groups is 1. The maximum Gasteiger partial charge on any atom is 0.410 e. The van der Waals surface area contributed by atoms with Crippen LogP contribution in [-0.2, 0) is 75.0 Å². The van der Waals surface area contributed by atoms with E-state index in [-0.39, 0.29) is 109 Å². The molecule has 3 aliphatic rings. The number of methoxy groups -OCH3 is 2. The second kappa shape index (κ2) is 41.1. The van der Waals surface area contributed by atoms with Gasteiger partial charge in [0.1, 0.15) is 36.0 Å². The van der Waals surface area contributed by atoms with Crippen LogP contribution < -0.4 is 4.74 Å². The normalized spacial score (nSPS) is 22.0. The summed E-state index contributed by atoms with van der Waals surface area (Å²) in [4.78, 5) is 140. The Morgan fingerprint density at radius 1 is 0.810 bits per heavy atom. The maximum atomic E-state index is 15.1. The lowest BCUT2D eigenvalue weighted by atomic mass is 9.83. The number of carbonyl (C=O) groups is 9. The summed E-state index contributed by atoms with van der Waals surface area (Å²) in [6, 6.07) is 10.2. The average Bonchev–Trinajstić information content (AvgIpc) is 1.40. The third-order valence-electron chi connectivity index (χ3n) is 20.6. The average molecular weight is 1500 g/mol. The molecule has 3 aliphatic heterocycles. The monoisotopic (exact) mass is 1490 g/mol. The van der Waals surface area contributed by atoms with E-state index in [1.165, 1.54) is 54.9 Å². The number of carbonyl (C=O) groups excluding carboxylic acids is 8. The summed E-state index contributed by atoms with van der Waals surface area (Å²) in [5.41, 5.74) is 0.140. The quantitative estimate of drug-likeness (QED) is 0.0169. The van der Waals surface area contributed by atoms with Crippen LogP contribution in [0.1, 0.15) is 168 Å². The van der Waals surface area contributed by atoms with Crippen molar-refractivity contribution in [3.8, 4) is 5.75 Å². The lowest BCUT2D eigenvalue weighted by molar-refractivity contribution is -0.387. The van der Waals surface area contributed by atoms with Crippen LogP contribution in [0.4, 0.5) is 10.5 Å². The van der Waals surface area contributed by atoms with Gasteiger partial charge in [0.15, 0.2) is 17.6 Å². The first-order valence-corrected chi connectivity index (χ1v) is 37.7. The number of hydrogen-bond acceptors (Lipinski definition) is 24. The summed E-state index contributed by atoms with van der Waals surface area (Å²) in [5, 5.41) is 73.1. The molecule has 6 rings (SSSR count). The number of unbranched alkanes of at least 4 members (excludes halogenated alkanes) is 2. The number of Topliss-reactive ketones (excluding diaryl/α,β-unsaturated/α-hetero) is 3. The van der Waals surface area contributed by atoms with Crippen molar-refractivity contribution in [3.63, 3.8) is 0 Å². The molecule has 31 heteroatoms. The third-order valence-corrected chi connectivity index (χ3v) is 21.6. The zero-order valence-electron chi connectivity index (χ0n) is 62.8. The van der Waals surface area contributed by atoms with E-state index < -0.39 is 137 Å². The van der Waals surface area contributed by atoms with Crippen LogP contribution in [0.5, 0.6) is 5.75 Å². The molecule has 3 fully saturated rings. The van der Waals surface area contributed by atoms with Crippen LogP contribution in [-0.4, -0.2) is 245 Å². The minimum absolute atomic E-state index is 0.0115. The van der Waals surface area contributed by atoms with Gasteiger partial charge in [0.25, 0.3) is 0 Å². The van der Waals surface area contributed by atoms with Crippen molar-refractivity contribution in [3.05, 3.63) is 81.7 Å². The number of ether oxygens (including phenoxy) is 6. The number of carboxylic acids is 1. The fourth-order valence-electron chi connectivity index (χ4n) is 14.3. The zero-order valence-corrected chi connectivity index (χ0v) is 63.6. The van der Waals surface area contributed by atoms with Crippen LogP contribution >= 0.6 is 11.8 Å². The summed E-state index contributed by atoms with van der Waals surface area (Å²) in [7, 11) is 5.98. The van der Waals surface area contributed by atoms with Gasteiger partial charge in [-0.3, -0.25) is 48.6 Å². The molecule has 584 valence electrons. The number of hydrogen-bond donors (Lipinski definition) is 5. The van der Waals surface area contributed by atoms with E-state index in [0.29, 0.717) is 76.4 Å². The van der Waals surface area contributed by atoms with E-state index in [4.69, 9.17) is 28.4 Å². The lowest BCUT2D eigenvalue weighted by Gasteiger charge is -2.41. The summed E-state index contributed by atoms with van der Waals surface area (Å²) < 4.78 is 36.5. The molecule has 30 nitrogen and oxygen atoms in total. The number of aliphatic carboxylic acids is 1. The number of likely N-dealkylation sites (N-methyl/N-ethyl adjacent to an activating group) is 2. The molecule has 0 saturated carbocycles. The highest BCUT2D eigenvalue weighted by Crippen LogP contribution is 2.38. The highest BCUT2D eigenvalue weighted by atomic mass is 32.2. The highest BCUT2D eigenvalue weighted by Gasteiger charge is 2.50. The molecule has 105 heavy (non-hydrogen) atoms.